The van der Waals surface area contributed by atoms with Crippen LogP contribution in [0.3, 0.4) is 0 Å². The van der Waals surface area contributed by atoms with Gasteiger partial charge in [0.1, 0.15) is 0 Å². The van der Waals surface area contributed by atoms with Gasteiger partial charge in [-0.05, 0) is 31.2 Å². The van der Waals surface area contributed by atoms with Crippen molar-refractivity contribution in [3.05, 3.63) is 0 Å². The molecule has 1 unspecified atom stereocenters. The Hall–Kier alpha value is -0.0800. The molecule has 0 spiro atoms. The standard InChI is InChI=1S/C10H19NO/c1-2-8-6-11-4-3-9(8)5-10(11)7-12/h8-10,12H,2-7H2,1H3/t8-,9-,10+/m0/s1. The zero-order valence-electron chi connectivity index (χ0n) is 7.87. The fourth-order valence-electron chi connectivity index (χ4n) is 2.90. The van der Waals surface area contributed by atoms with Crippen molar-refractivity contribution in [3.8, 4) is 0 Å². The predicted molar refractivity (Wildman–Crippen MR) is 49.0 cm³/mol. The molecule has 0 aromatic rings. The minimum atomic E-state index is 0.368. The van der Waals surface area contributed by atoms with E-state index in [1.54, 1.807) is 0 Å². The molecule has 4 atom stereocenters. The Morgan fingerprint density at radius 2 is 2.33 bits per heavy atom. The van der Waals surface area contributed by atoms with E-state index in [0.717, 1.165) is 11.8 Å². The van der Waals surface area contributed by atoms with Crippen LogP contribution in [0.5, 0.6) is 0 Å². The van der Waals surface area contributed by atoms with Crippen molar-refractivity contribution < 1.29 is 5.11 Å². The second kappa shape index (κ2) is 3.35. The molecule has 3 saturated heterocycles. The van der Waals surface area contributed by atoms with Crippen LogP contribution in [0.25, 0.3) is 0 Å². The number of aliphatic hydroxyl groups is 1. The molecule has 3 aliphatic heterocycles. The highest BCUT2D eigenvalue weighted by atomic mass is 16.3. The maximum absolute atomic E-state index is 9.13. The van der Waals surface area contributed by atoms with Gasteiger partial charge in [-0.3, -0.25) is 4.90 Å². The second-order valence-corrected chi connectivity index (χ2v) is 4.28. The summed E-state index contributed by atoms with van der Waals surface area (Å²) in [5.74, 6) is 1.83. The van der Waals surface area contributed by atoms with Crippen LogP contribution in [-0.4, -0.2) is 35.7 Å². The molecule has 0 saturated carbocycles. The van der Waals surface area contributed by atoms with Crippen LogP contribution in [0, 0.1) is 11.8 Å². The summed E-state index contributed by atoms with van der Waals surface area (Å²) in [6.07, 6.45) is 3.93. The third-order valence-corrected chi connectivity index (χ3v) is 3.75. The lowest BCUT2D eigenvalue weighted by Gasteiger charge is -2.49. The molecule has 3 aliphatic rings. The van der Waals surface area contributed by atoms with Gasteiger partial charge in [0, 0.05) is 12.6 Å². The van der Waals surface area contributed by atoms with Crippen LogP contribution >= 0.6 is 0 Å². The van der Waals surface area contributed by atoms with Crippen molar-refractivity contribution in [2.24, 2.45) is 11.8 Å². The van der Waals surface area contributed by atoms with E-state index in [1.165, 1.54) is 32.4 Å². The summed E-state index contributed by atoms with van der Waals surface area (Å²) < 4.78 is 0. The number of rotatable bonds is 2. The van der Waals surface area contributed by atoms with Gasteiger partial charge in [-0.2, -0.15) is 0 Å². The van der Waals surface area contributed by atoms with Crippen molar-refractivity contribution in [2.45, 2.75) is 32.2 Å². The first-order valence-electron chi connectivity index (χ1n) is 5.20. The van der Waals surface area contributed by atoms with Gasteiger partial charge in [0.25, 0.3) is 0 Å². The number of aliphatic hydroxyl groups excluding tert-OH is 1. The van der Waals surface area contributed by atoms with Crippen molar-refractivity contribution in [2.75, 3.05) is 19.7 Å². The highest BCUT2D eigenvalue weighted by Crippen LogP contribution is 2.37. The molecule has 12 heavy (non-hydrogen) atoms. The van der Waals surface area contributed by atoms with E-state index < -0.39 is 0 Å². The van der Waals surface area contributed by atoms with Crippen molar-refractivity contribution in [3.63, 3.8) is 0 Å². The van der Waals surface area contributed by atoms with Gasteiger partial charge < -0.3 is 5.11 Å². The monoisotopic (exact) mass is 169 g/mol. The zero-order chi connectivity index (χ0) is 8.55. The quantitative estimate of drug-likeness (QED) is 0.669. The van der Waals surface area contributed by atoms with Crippen LogP contribution < -0.4 is 0 Å². The molecule has 3 fully saturated rings. The first kappa shape index (κ1) is 8.52. The Bertz CT molecular complexity index is 142. The molecule has 3 heterocycles. The number of fused-ring (bicyclic) bond motifs is 3. The highest BCUT2D eigenvalue weighted by Gasteiger charge is 2.38. The average Bonchev–Trinajstić information content (AvgIpc) is 2.18. The van der Waals surface area contributed by atoms with E-state index >= 15 is 0 Å². The summed E-state index contributed by atoms with van der Waals surface area (Å²) in [6, 6.07) is 0.492. The third-order valence-electron chi connectivity index (χ3n) is 3.75. The third kappa shape index (κ3) is 1.27. The average molecular weight is 169 g/mol. The fraction of sp³-hybridized carbons (Fsp3) is 1.00. The van der Waals surface area contributed by atoms with Gasteiger partial charge in [-0.25, -0.2) is 0 Å². The summed E-state index contributed by atoms with van der Waals surface area (Å²) in [5, 5.41) is 9.13. The summed E-state index contributed by atoms with van der Waals surface area (Å²) >= 11 is 0. The lowest BCUT2D eigenvalue weighted by atomic mass is 9.75. The topological polar surface area (TPSA) is 23.5 Å². The van der Waals surface area contributed by atoms with E-state index in [2.05, 4.69) is 11.8 Å². The van der Waals surface area contributed by atoms with Crippen LogP contribution in [0.2, 0.25) is 0 Å². The minimum absolute atomic E-state index is 0.368. The highest BCUT2D eigenvalue weighted by molar-refractivity contribution is 4.91. The van der Waals surface area contributed by atoms with Crippen LogP contribution in [0.1, 0.15) is 26.2 Å². The Labute approximate surface area is 74.6 Å². The molecule has 2 bridgehead atoms. The predicted octanol–water partition coefficient (Wildman–Crippen LogP) is 1.10. The first-order chi connectivity index (χ1) is 5.85. The largest absolute Gasteiger partial charge is 0.395 e. The first-order valence-corrected chi connectivity index (χ1v) is 5.20. The molecular weight excluding hydrogens is 150 g/mol. The van der Waals surface area contributed by atoms with Crippen LogP contribution in [-0.2, 0) is 0 Å². The molecular formula is C10H19NO. The van der Waals surface area contributed by atoms with Gasteiger partial charge in [0.15, 0.2) is 0 Å². The fourth-order valence-corrected chi connectivity index (χ4v) is 2.90. The molecule has 0 amide bonds. The van der Waals surface area contributed by atoms with Crippen molar-refractivity contribution in [1.29, 1.82) is 0 Å². The molecule has 2 nitrogen and oxygen atoms in total. The lowest BCUT2D eigenvalue weighted by Crippen LogP contribution is -2.54. The lowest BCUT2D eigenvalue weighted by molar-refractivity contribution is -0.0220. The van der Waals surface area contributed by atoms with Crippen LogP contribution in [0.4, 0.5) is 0 Å². The summed E-state index contributed by atoms with van der Waals surface area (Å²) in [5.41, 5.74) is 0. The molecule has 0 aromatic heterocycles. The van der Waals surface area contributed by atoms with E-state index in [-0.39, 0.29) is 0 Å². The maximum atomic E-state index is 9.13. The van der Waals surface area contributed by atoms with Gasteiger partial charge in [-0.1, -0.05) is 13.3 Å². The molecule has 0 radical (unpaired) electrons. The van der Waals surface area contributed by atoms with Crippen molar-refractivity contribution >= 4 is 0 Å². The summed E-state index contributed by atoms with van der Waals surface area (Å²) in [7, 11) is 0. The van der Waals surface area contributed by atoms with Crippen LogP contribution in [0.15, 0.2) is 0 Å². The summed E-state index contributed by atoms with van der Waals surface area (Å²) in [4.78, 5) is 2.48. The van der Waals surface area contributed by atoms with Gasteiger partial charge >= 0.3 is 0 Å². The molecule has 0 aromatic carbocycles. The minimum Gasteiger partial charge on any atom is -0.395 e. The zero-order valence-corrected chi connectivity index (χ0v) is 7.87. The van der Waals surface area contributed by atoms with E-state index in [0.29, 0.717) is 12.6 Å². The number of hydrogen-bond acceptors (Lipinski definition) is 2. The van der Waals surface area contributed by atoms with Gasteiger partial charge in [-0.15, -0.1) is 0 Å². The van der Waals surface area contributed by atoms with Crippen molar-refractivity contribution in [1.82, 2.24) is 4.90 Å². The summed E-state index contributed by atoms with van der Waals surface area (Å²) in [6.45, 7) is 5.13. The molecule has 3 rings (SSSR count). The number of hydrogen-bond donors (Lipinski definition) is 1. The van der Waals surface area contributed by atoms with E-state index in [9.17, 15) is 0 Å². The maximum Gasteiger partial charge on any atom is 0.0586 e. The Kier molecular flexibility index (Phi) is 2.37. The molecule has 0 aliphatic carbocycles. The number of piperidine rings is 3. The van der Waals surface area contributed by atoms with E-state index in [1.807, 2.05) is 0 Å². The van der Waals surface area contributed by atoms with Gasteiger partial charge in [0.05, 0.1) is 6.61 Å². The number of nitrogens with zero attached hydrogens (tertiary/aromatic N) is 1. The smallest absolute Gasteiger partial charge is 0.0586 e. The molecule has 70 valence electrons. The second-order valence-electron chi connectivity index (χ2n) is 4.28. The van der Waals surface area contributed by atoms with Gasteiger partial charge in [0.2, 0.25) is 0 Å². The molecule has 2 heteroatoms. The SMILES string of the molecule is CC[C@H]1CN2CC[C@H]1C[C@@H]2CO. The van der Waals surface area contributed by atoms with E-state index in [4.69, 9.17) is 5.11 Å². The Morgan fingerprint density at radius 3 is 2.83 bits per heavy atom. The Morgan fingerprint density at radius 1 is 1.50 bits per heavy atom. The Balaban J connectivity index is 2.01. The normalized spacial score (nSPS) is 46.5. The molecule has 1 N–H and O–H groups in total.